The molecule has 2 amide bonds. The quantitative estimate of drug-likeness (QED) is 0.626. The van der Waals surface area contributed by atoms with Gasteiger partial charge in [0.2, 0.25) is 11.8 Å². The average Bonchev–Trinajstić information content (AvgIpc) is 2.55. The summed E-state index contributed by atoms with van der Waals surface area (Å²) in [6.45, 7) is 4.36. The molecule has 0 aromatic rings. The van der Waals surface area contributed by atoms with E-state index in [9.17, 15) is 9.59 Å². The van der Waals surface area contributed by atoms with Crippen molar-refractivity contribution in [3.8, 4) is 0 Å². The second-order valence-corrected chi connectivity index (χ2v) is 6.57. The van der Waals surface area contributed by atoms with E-state index in [1.165, 1.54) is 0 Å². The zero-order chi connectivity index (χ0) is 16.7. The lowest BCUT2D eigenvalue weighted by Crippen LogP contribution is -2.53. The van der Waals surface area contributed by atoms with Crippen LogP contribution in [0.25, 0.3) is 0 Å². The second kappa shape index (κ2) is 12.7. The zero-order valence-corrected chi connectivity index (χ0v) is 16.6. The maximum Gasteiger partial charge on any atom is 0.234 e. The van der Waals surface area contributed by atoms with Crippen molar-refractivity contribution in [2.45, 2.75) is 31.7 Å². The molecule has 0 aromatic heterocycles. The van der Waals surface area contributed by atoms with E-state index in [2.05, 4.69) is 10.2 Å². The van der Waals surface area contributed by atoms with Gasteiger partial charge in [-0.1, -0.05) is 6.42 Å². The van der Waals surface area contributed by atoms with E-state index in [1.807, 2.05) is 4.90 Å². The molecule has 2 atom stereocenters. The number of hydrogen-bond acceptors (Lipinski definition) is 5. The number of nitrogens with one attached hydrogen (secondary N) is 1. The number of piperazine rings is 1. The van der Waals surface area contributed by atoms with Gasteiger partial charge in [-0.05, 0) is 19.3 Å². The van der Waals surface area contributed by atoms with Crippen LogP contribution < -0.4 is 11.1 Å². The summed E-state index contributed by atoms with van der Waals surface area (Å²) in [5.74, 6) is 0.368. The maximum absolute atomic E-state index is 12.6. The molecule has 25 heavy (non-hydrogen) atoms. The molecule has 2 fully saturated rings. The van der Waals surface area contributed by atoms with Crippen molar-refractivity contribution in [1.82, 2.24) is 15.1 Å². The van der Waals surface area contributed by atoms with E-state index in [4.69, 9.17) is 10.5 Å². The largest absolute Gasteiger partial charge is 0.383 e. The summed E-state index contributed by atoms with van der Waals surface area (Å²) in [6, 6.07) is 0.176. The van der Waals surface area contributed by atoms with E-state index >= 15 is 0 Å². The molecule has 0 spiro atoms. The van der Waals surface area contributed by atoms with Crippen LogP contribution in [0, 0.1) is 5.92 Å². The van der Waals surface area contributed by atoms with Crippen molar-refractivity contribution in [3.63, 3.8) is 0 Å². The lowest BCUT2D eigenvalue weighted by Gasteiger charge is -2.37. The Hall–Kier alpha value is -0.600. The molecule has 7 nitrogen and oxygen atoms in total. The predicted octanol–water partition coefficient (Wildman–Crippen LogP) is 0.254. The van der Waals surface area contributed by atoms with Crippen molar-refractivity contribution in [2.24, 2.45) is 11.7 Å². The van der Waals surface area contributed by atoms with Gasteiger partial charge in [-0.3, -0.25) is 14.5 Å². The fraction of sp³-hybridized carbons (Fsp3) is 0.875. The van der Waals surface area contributed by atoms with Gasteiger partial charge < -0.3 is 20.7 Å². The highest BCUT2D eigenvalue weighted by atomic mass is 35.5. The molecular formula is C16H32Cl2N4O3. The SMILES string of the molecule is COCCNC(=O)CN1CCN(C(=O)C2CCCC(N)C2)CC1.Cl.Cl. The Kier molecular flexibility index (Phi) is 12.4. The van der Waals surface area contributed by atoms with Crippen LogP contribution in [0.15, 0.2) is 0 Å². The van der Waals surface area contributed by atoms with Crippen LogP contribution in [0.2, 0.25) is 0 Å². The summed E-state index contributed by atoms with van der Waals surface area (Å²) < 4.78 is 4.91. The predicted molar refractivity (Wildman–Crippen MR) is 102 cm³/mol. The second-order valence-electron chi connectivity index (χ2n) is 6.57. The van der Waals surface area contributed by atoms with E-state index in [1.54, 1.807) is 7.11 Å². The summed E-state index contributed by atoms with van der Waals surface area (Å²) in [7, 11) is 1.61. The van der Waals surface area contributed by atoms with Gasteiger partial charge in [-0.2, -0.15) is 0 Å². The highest BCUT2D eigenvalue weighted by molar-refractivity contribution is 5.85. The highest BCUT2D eigenvalue weighted by Crippen LogP contribution is 2.25. The molecule has 1 aliphatic heterocycles. The fourth-order valence-electron chi connectivity index (χ4n) is 3.39. The summed E-state index contributed by atoms with van der Waals surface area (Å²) in [4.78, 5) is 28.4. The molecule has 148 valence electrons. The number of amides is 2. The van der Waals surface area contributed by atoms with Crippen molar-refractivity contribution < 1.29 is 14.3 Å². The molecule has 0 radical (unpaired) electrons. The Labute approximate surface area is 162 Å². The summed E-state index contributed by atoms with van der Waals surface area (Å²) in [5, 5.41) is 2.82. The fourth-order valence-corrected chi connectivity index (χ4v) is 3.39. The number of methoxy groups -OCH3 is 1. The third-order valence-corrected chi connectivity index (χ3v) is 4.74. The first-order valence-electron chi connectivity index (χ1n) is 8.62. The van der Waals surface area contributed by atoms with E-state index in [0.29, 0.717) is 32.8 Å². The van der Waals surface area contributed by atoms with Crippen molar-refractivity contribution in [3.05, 3.63) is 0 Å². The van der Waals surface area contributed by atoms with Crippen LogP contribution >= 0.6 is 24.8 Å². The molecule has 2 unspecified atom stereocenters. The molecule has 3 N–H and O–H groups in total. The Bertz CT molecular complexity index is 407. The third kappa shape index (κ3) is 8.09. The van der Waals surface area contributed by atoms with Gasteiger partial charge in [-0.15, -0.1) is 24.8 Å². The van der Waals surface area contributed by atoms with Gasteiger partial charge in [0.05, 0.1) is 13.2 Å². The lowest BCUT2D eigenvalue weighted by molar-refractivity contribution is -0.138. The number of nitrogens with zero attached hydrogens (tertiary/aromatic N) is 2. The first-order chi connectivity index (χ1) is 11.1. The maximum atomic E-state index is 12.6. The number of carbonyl (C=O) groups is 2. The zero-order valence-electron chi connectivity index (χ0n) is 14.9. The molecule has 1 aliphatic carbocycles. The molecule has 9 heteroatoms. The van der Waals surface area contributed by atoms with Crippen molar-refractivity contribution >= 4 is 36.6 Å². The Balaban J connectivity index is 0.00000288. The number of hydrogen-bond donors (Lipinski definition) is 2. The van der Waals surface area contributed by atoms with Crippen LogP contribution in [0.1, 0.15) is 25.7 Å². The Morgan fingerprint density at radius 3 is 2.44 bits per heavy atom. The Morgan fingerprint density at radius 2 is 1.84 bits per heavy atom. The highest BCUT2D eigenvalue weighted by Gasteiger charge is 2.30. The van der Waals surface area contributed by atoms with E-state index < -0.39 is 0 Å². The summed E-state index contributed by atoms with van der Waals surface area (Å²) >= 11 is 0. The van der Waals surface area contributed by atoms with E-state index in [-0.39, 0.29) is 48.6 Å². The number of nitrogens with two attached hydrogens (primary N) is 1. The number of halogens is 2. The Morgan fingerprint density at radius 1 is 1.16 bits per heavy atom. The van der Waals surface area contributed by atoms with Gasteiger partial charge >= 0.3 is 0 Å². The van der Waals surface area contributed by atoms with Crippen LogP contribution in [-0.4, -0.2) is 80.6 Å². The standard InChI is InChI=1S/C16H30N4O3.2ClH/c1-23-10-5-18-15(21)12-19-6-8-20(9-7-19)16(22)13-3-2-4-14(17)11-13;;/h13-14H,2-12,17H2,1H3,(H,18,21);2*1H. The topological polar surface area (TPSA) is 87.9 Å². The smallest absolute Gasteiger partial charge is 0.234 e. The summed E-state index contributed by atoms with van der Waals surface area (Å²) in [6.07, 6.45) is 3.88. The van der Waals surface area contributed by atoms with Gasteiger partial charge in [0.15, 0.2) is 0 Å². The number of carbonyl (C=O) groups excluding carboxylic acids is 2. The minimum absolute atomic E-state index is 0. The molecule has 2 rings (SSSR count). The molecule has 0 bridgehead atoms. The molecule has 1 saturated carbocycles. The molecule has 2 aliphatic rings. The van der Waals surface area contributed by atoms with Gasteiger partial charge in [0.1, 0.15) is 0 Å². The van der Waals surface area contributed by atoms with Gasteiger partial charge in [0.25, 0.3) is 0 Å². The van der Waals surface area contributed by atoms with Crippen LogP contribution in [0.4, 0.5) is 0 Å². The molecular weight excluding hydrogens is 367 g/mol. The van der Waals surface area contributed by atoms with Crippen LogP contribution in [0.5, 0.6) is 0 Å². The first kappa shape index (κ1) is 24.4. The lowest BCUT2D eigenvalue weighted by atomic mass is 9.85. The molecule has 0 aromatic carbocycles. The minimum atomic E-state index is 0. The van der Waals surface area contributed by atoms with Gasteiger partial charge in [-0.25, -0.2) is 0 Å². The normalized spacial score (nSPS) is 24.0. The minimum Gasteiger partial charge on any atom is -0.383 e. The summed E-state index contributed by atoms with van der Waals surface area (Å²) in [5.41, 5.74) is 5.99. The van der Waals surface area contributed by atoms with Crippen LogP contribution in [0.3, 0.4) is 0 Å². The molecule has 1 heterocycles. The average molecular weight is 399 g/mol. The monoisotopic (exact) mass is 398 g/mol. The number of ether oxygens (including phenoxy) is 1. The van der Waals surface area contributed by atoms with Crippen molar-refractivity contribution in [2.75, 3.05) is 53.0 Å². The first-order valence-corrected chi connectivity index (χ1v) is 8.62. The van der Waals surface area contributed by atoms with Gasteiger partial charge in [0, 0.05) is 51.8 Å². The van der Waals surface area contributed by atoms with E-state index in [0.717, 1.165) is 38.8 Å². The van der Waals surface area contributed by atoms with Crippen LogP contribution in [-0.2, 0) is 14.3 Å². The number of rotatable bonds is 6. The van der Waals surface area contributed by atoms with Crippen molar-refractivity contribution in [1.29, 1.82) is 0 Å². The third-order valence-electron chi connectivity index (χ3n) is 4.74. The molecule has 1 saturated heterocycles.